The maximum Gasteiger partial charge on any atom is 0.254 e. The van der Waals surface area contributed by atoms with Crippen LogP contribution < -0.4 is 31.9 Å². The summed E-state index contributed by atoms with van der Waals surface area (Å²) in [4.78, 5) is 92.3. The lowest BCUT2D eigenvalue weighted by molar-refractivity contribution is -0.126. The van der Waals surface area contributed by atoms with Gasteiger partial charge >= 0.3 is 0 Å². The smallest absolute Gasteiger partial charge is 0.254 e. The maximum atomic E-state index is 13.7. The minimum Gasteiger partial charge on any atom is -0.380 e. The lowest BCUT2D eigenvalue weighted by Crippen LogP contribution is -2.41. The number of benzene rings is 1. The number of unbranched alkanes of at least 4 members (excludes halogenated alkanes) is 24. The van der Waals surface area contributed by atoms with Crippen molar-refractivity contribution in [2.45, 2.75) is 330 Å². The van der Waals surface area contributed by atoms with Gasteiger partial charge in [-0.15, -0.1) is 0 Å². The minimum atomic E-state index is -0.413. The Labute approximate surface area is 807 Å². The first-order valence-electron chi connectivity index (χ1n) is 51.1. The van der Waals surface area contributed by atoms with Gasteiger partial charge in [0.05, 0.1) is 159 Å². The predicted octanol–water partition coefficient (Wildman–Crippen LogP) is 17.6. The summed E-state index contributed by atoms with van der Waals surface area (Å²) in [5, 5.41) is 27.3. The number of hydrogen-bond acceptors (Lipinski definition) is 20. The van der Waals surface area contributed by atoms with Crippen molar-refractivity contribution in [3.8, 4) is 17.9 Å². The van der Waals surface area contributed by atoms with Crippen molar-refractivity contribution in [3.05, 3.63) is 35.4 Å². The number of nitrogens with one attached hydrogen (secondary N) is 6. The van der Waals surface area contributed by atoms with E-state index < -0.39 is 10.8 Å². The molecule has 0 saturated heterocycles. The summed E-state index contributed by atoms with van der Waals surface area (Å²) >= 11 is 0. The highest BCUT2D eigenvalue weighted by molar-refractivity contribution is 5.94. The Hall–Kier alpha value is -5.92. The van der Waals surface area contributed by atoms with Crippen LogP contribution in [0.5, 0.6) is 0 Å². The molecular weight excluding hydrogens is 1690 g/mol. The van der Waals surface area contributed by atoms with Crippen LogP contribution in [0.4, 0.5) is 0 Å². The Morgan fingerprint density at radius 1 is 0.271 bits per heavy atom. The minimum absolute atomic E-state index is 0.0514. The van der Waals surface area contributed by atoms with E-state index in [1.807, 2.05) is 55.4 Å². The first-order chi connectivity index (χ1) is 63.2. The Kier molecular flexibility index (Phi) is 71.5. The summed E-state index contributed by atoms with van der Waals surface area (Å²) in [6, 6.07) is 8.56. The summed E-state index contributed by atoms with van der Waals surface area (Å²) in [5.74, 6) is 4.76. The van der Waals surface area contributed by atoms with Crippen LogP contribution in [0.25, 0.3) is 0 Å². The number of carbonyl (C=O) groups is 7. The topological polar surface area (TPSA) is 329 Å². The molecule has 0 atom stereocenters. The molecule has 0 aliphatic rings. The third kappa shape index (κ3) is 77.7. The van der Waals surface area contributed by atoms with Gasteiger partial charge in [-0.05, 0) is 47.9 Å². The van der Waals surface area contributed by atoms with Crippen LogP contribution in [-0.2, 0) is 85.6 Å². The van der Waals surface area contributed by atoms with Gasteiger partial charge in [-0.2, -0.15) is 5.26 Å². The lowest BCUT2D eigenvalue weighted by atomic mass is 9.89. The van der Waals surface area contributed by atoms with Crippen LogP contribution in [0, 0.1) is 66.5 Å². The Morgan fingerprint density at radius 3 is 0.744 bits per heavy atom. The molecule has 1 aromatic rings. The maximum absolute atomic E-state index is 13.7. The van der Waals surface area contributed by atoms with Gasteiger partial charge in [0.2, 0.25) is 35.4 Å². The van der Waals surface area contributed by atoms with Gasteiger partial charge in [0, 0.05) is 140 Å². The van der Waals surface area contributed by atoms with Gasteiger partial charge in [0.25, 0.3) is 5.91 Å². The molecule has 0 aromatic heterocycles. The molecule has 0 saturated carbocycles. The predicted molar refractivity (Wildman–Crippen MR) is 532 cm³/mol. The zero-order valence-electron chi connectivity index (χ0n) is 87.2. The fourth-order valence-electron chi connectivity index (χ4n) is 14.3. The molecular formula is C106H192N8O19. The van der Waals surface area contributed by atoms with Crippen molar-refractivity contribution < 1.29 is 90.4 Å². The van der Waals surface area contributed by atoms with Crippen LogP contribution in [0.15, 0.2) is 24.3 Å². The number of nitriles is 1. The fourth-order valence-corrected chi connectivity index (χ4v) is 14.3. The third-order valence-corrected chi connectivity index (χ3v) is 22.7. The largest absolute Gasteiger partial charge is 0.380 e. The van der Waals surface area contributed by atoms with Crippen molar-refractivity contribution in [2.75, 3.05) is 211 Å². The van der Waals surface area contributed by atoms with Crippen molar-refractivity contribution in [3.63, 3.8) is 0 Å². The molecule has 0 unspecified atom stereocenters. The van der Waals surface area contributed by atoms with E-state index in [4.69, 9.17) is 62.1 Å². The molecule has 770 valence electrons. The molecule has 6 N–H and O–H groups in total. The molecule has 7 amide bonds. The molecule has 0 radical (unpaired) electrons. The quantitative estimate of drug-likeness (QED) is 0.0261. The molecule has 1 rings (SSSR count). The van der Waals surface area contributed by atoms with Crippen LogP contribution >= 0.6 is 0 Å². The first kappa shape index (κ1) is 125. The third-order valence-electron chi connectivity index (χ3n) is 22.7. The molecule has 1 aromatic carbocycles. The number of carbonyl (C=O) groups excluding carboxylic acids is 7. The second-order valence-corrected chi connectivity index (χ2v) is 42.9. The lowest BCUT2D eigenvalue weighted by Gasteiger charge is -2.31. The van der Waals surface area contributed by atoms with Gasteiger partial charge < -0.3 is 93.6 Å². The van der Waals surface area contributed by atoms with E-state index in [9.17, 15) is 33.6 Å². The number of nitrogens with zero attached hydrogens (tertiary/aromatic N) is 2. The van der Waals surface area contributed by atoms with E-state index in [2.05, 4.69) is 113 Å². The average Bonchev–Trinajstić information content (AvgIpc) is 0.858. The molecule has 27 heteroatoms. The zero-order valence-corrected chi connectivity index (χ0v) is 87.2. The molecule has 0 bridgehead atoms. The summed E-state index contributed by atoms with van der Waals surface area (Å²) in [7, 11) is 0. The van der Waals surface area contributed by atoms with E-state index in [0.29, 0.717) is 221 Å². The Morgan fingerprint density at radius 2 is 0.489 bits per heavy atom. The SMILES string of the molecule is CCCCCCCCCCCCCCCC(=O)NCC(C)(C)COCC(C)(C)CNC(=O)CC(C)(C)COCC(C)(C)CNC(=O)CCOCCOCCOCCOCCN(CCOCCOCCOCCOCCC(=O)NCC(C)(C)COCC(C)(C)CC(=O)NCC(C)(C)COCC(C)(C)CNC(=O)CCCCCCCCCCCCCCC)C(=O)c1ccc(C#CC#N)cc1. The Bertz CT molecular complexity index is 3110. The van der Waals surface area contributed by atoms with Crippen LogP contribution in [0.3, 0.4) is 0 Å². The van der Waals surface area contributed by atoms with Crippen LogP contribution in [0.2, 0.25) is 0 Å². The number of amides is 7. The van der Waals surface area contributed by atoms with Crippen molar-refractivity contribution in [2.24, 2.45) is 43.3 Å². The highest BCUT2D eigenvalue weighted by atomic mass is 16.6. The second kappa shape index (κ2) is 76.0. The summed E-state index contributed by atoms with van der Waals surface area (Å²) < 4.78 is 70.3. The summed E-state index contributed by atoms with van der Waals surface area (Å²) in [5.41, 5.74) is -1.48. The molecule has 0 heterocycles. The van der Waals surface area contributed by atoms with Crippen LogP contribution in [-0.4, -0.2) is 257 Å². The normalized spacial score (nSPS) is 12.3. The van der Waals surface area contributed by atoms with E-state index in [1.165, 1.54) is 141 Å². The number of rotatable bonds is 91. The average molecular weight is 1880 g/mol. The van der Waals surface area contributed by atoms with E-state index >= 15 is 0 Å². The summed E-state index contributed by atoms with van der Waals surface area (Å²) in [6.45, 7) is 49.3. The summed E-state index contributed by atoms with van der Waals surface area (Å²) in [6.07, 6.45) is 35.5. The monoisotopic (exact) mass is 1880 g/mol. The highest BCUT2D eigenvalue weighted by Crippen LogP contribution is 2.28. The molecule has 27 nitrogen and oxygen atoms in total. The van der Waals surface area contributed by atoms with Crippen LogP contribution in [0.1, 0.15) is 346 Å². The van der Waals surface area contributed by atoms with E-state index in [-0.39, 0.29) is 113 Å². The van der Waals surface area contributed by atoms with Crippen molar-refractivity contribution in [1.82, 2.24) is 36.8 Å². The standard InChI is InChI=1S/C106H192N8O19/c1-19-21-23-25-27-29-31-33-35-37-39-41-43-47-92(115)108-76-101(7,8)86-132-88-105(15,16)80-112-96(119)74-99(3,4)82-130-84-103(11,12)78-110-94(117)53-58-122-62-66-126-70-72-128-68-64-124-60-56-114(98(121)91-51-49-90(50-52-91)46-45-55-107)57-61-125-65-69-129-73-71-127-67-63-123-59-54-95(118)111-79-104(13,14)85-131-83-100(5,6)75-97(120)113-81-106(17,18)89-133-87-102(9,10)77-109-93(116)48-44-42-40-38-36-34-32-30-28-26-24-22-20-2/h49-52H,19-44,47-48,53-54,56-89H2,1-18H3,(H,108,115)(H,109,116)(H,110,117)(H,111,118)(H,112,119)(H,113,120). The first-order valence-corrected chi connectivity index (χ1v) is 51.1. The zero-order chi connectivity index (χ0) is 98.7. The van der Waals surface area contributed by atoms with Crippen molar-refractivity contribution >= 4 is 41.4 Å². The molecule has 0 spiro atoms. The van der Waals surface area contributed by atoms with E-state index in [0.717, 1.165) is 25.7 Å². The number of hydrogen-bond donors (Lipinski definition) is 6. The van der Waals surface area contributed by atoms with Gasteiger partial charge in [-0.3, -0.25) is 33.6 Å². The van der Waals surface area contributed by atoms with Gasteiger partial charge in [0.15, 0.2) is 6.07 Å². The molecule has 0 fully saturated rings. The van der Waals surface area contributed by atoms with Gasteiger partial charge in [0.1, 0.15) is 0 Å². The molecule has 0 aliphatic carbocycles. The Balaban J connectivity index is 2.22. The van der Waals surface area contributed by atoms with E-state index in [1.54, 1.807) is 35.2 Å². The molecule has 133 heavy (non-hydrogen) atoms. The van der Waals surface area contributed by atoms with Gasteiger partial charge in [-0.25, -0.2) is 0 Å². The second-order valence-electron chi connectivity index (χ2n) is 42.9. The van der Waals surface area contributed by atoms with Gasteiger partial charge in [-0.1, -0.05) is 285 Å². The highest BCUT2D eigenvalue weighted by Gasteiger charge is 2.32. The van der Waals surface area contributed by atoms with Crippen molar-refractivity contribution in [1.29, 1.82) is 5.26 Å². The molecule has 0 aliphatic heterocycles. The number of ether oxygens (including phenoxy) is 12. The fraction of sp³-hybridized carbons (Fsp3) is 0.849.